The maximum absolute atomic E-state index is 13.5. The summed E-state index contributed by atoms with van der Waals surface area (Å²) in [6, 6.07) is 14.0. The lowest BCUT2D eigenvalue weighted by molar-refractivity contribution is 0.171. The lowest BCUT2D eigenvalue weighted by Gasteiger charge is -2.39. The number of fused-ring (bicyclic) bond motifs is 2. The molecular formula is C35H44N10O5S. The van der Waals surface area contributed by atoms with Gasteiger partial charge >= 0.3 is 6.03 Å². The number of aromatic nitrogens is 7. The highest BCUT2D eigenvalue weighted by Crippen LogP contribution is 2.39. The highest BCUT2D eigenvalue weighted by atomic mass is 32.2. The minimum absolute atomic E-state index is 0.0444. The van der Waals surface area contributed by atoms with Crippen molar-refractivity contribution in [2.75, 3.05) is 23.1 Å². The van der Waals surface area contributed by atoms with Gasteiger partial charge in [0.2, 0.25) is 5.95 Å². The predicted molar refractivity (Wildman–Crippen MR) is 192 cm³/mol. The molecule has 2 amide bonds. The zero-order valence-corrected chi connectivity index (χ0v) is 30.1. The number of hydrogen-bond acceptors (Lipinski definition) is 10. The van der Waals surface area contributed by atoms with Crippen molar-refractivity contribution in [1.82, 2.24) is 39.5 Å². The summed E-state index contributed by atoms with van der Waals surface area (Å²) in [6.45, 7) is 6.67. The summed E-state index contributed by atoms with van der Waals surface area (Å²) < 4.78 is 39.3. The van der Waals surface area contributed by atoms with E-state index in [-0.39, 0.29) is 31.3 Å². The van der Waals surface area contributed by atoms with E-state index in [0.717, 1.165) is 53.3 Å². The average molecular weight is 717 g/mol. The smallest absolute Gasteiger partial charge is 0.320 e. The summed E-state index contributed by atoms with van der Waals surface area (Å²) in [4.78, 5) is 15.9. The first-order valence-electron chi connectivity index (χ1n) is 17.5. The number of pyridine rings is 1. The van der Waals surface area contributed by atoms with Crippen molar-refractivity contribution in [2.24, 2.45) is 0 Å². The Hall–Kier alpha value is -4.96. The molecule has 7 rings (SSSR count). The molecule has 2 N–H and O–H groups in total. The van der Waals surface area contributed by atoms with Crippen LogP contribution >= 0.6 is 0 Å². The number of ether oxygens (including phenoxy) is 1. The van der Waals surface area contributed by atoms with Gasteiger partial charge in [-0.05, 0) is 75.6 Å². The summed E-state index contributed by atoms with van der Waals surface area (Å²) in [5.41, 5.74) is 4.22. The van der Waals surface area contributed by atoms with Crippen LogP contribution in [0.4, 0.5) is 16.6 Å². The molecule has 0 radical (unpaired) electrons. The molecular weight excluding hydrogens is 673 g/mol. The second kappa shape index (κ2) is 14.3. The van der Waals surface area contributed by atoms with E-state index in [1.807, 2.05) is 53.9 Å². The first kappa shape index (κ1) is 34.5. The standard InChI is InChI=1S/C35H44N10O5S/c1-5-25-19-33(45(41-25)26-20-36-42(21-26)17-18-49-51(4,47)48)38-34(46)37-30-14-15-31(29-12-7-6-11-28(29)30)50-27-13-16-32-39-40-35(43(32)22-27)44-23(2)9-8-10-24(44)3/h6-7,11-13,16,19-24,30-31H,5,8-10,14-15,17-18H2,1-4H3,(H2,37,38,46)/t23-,24+,30-,31?/m0/s1. The number of benzene rings is 1. The third-order valence-corrected chi connectivity index (χ3v) is 10.2. The molecule has 2 aliphatic rings. The van der Waals surface area contributed by atoms with Gasteiger partial charge in [-0.3, -0.25) is 18.6 Å². The third kappa shape index (κ3) is 7.56. The lowest BCUT2D eigenvalue weighted by Crippen LogP contribution is -2.44. The number of anilines is 2. The second-order valence-electron chi connectivity index (χ2n) is 13.4. The molecule has 1 aromatic carbocycles. The van der Waals surface area contributed by atoms with Crippen LogP contribution in [-0.4, -0.2) is 73.6 Å². The lowest BCUT2D eigenvalue weighted by atomic mass is 9.85. The number of carbonyl (C=O) groups is 1. The molecule has 5 heterocycles. The van der Waals surface area contributed by atoms with E-state index in [9.17, 15) is 13.2 Å². The van der Waals surface area contributed by atoms with Gasteiger partial charge in [0.25, 0.3) is 10.1 Å². The summed E-state index contributed by atoms with van der Waals surface area (Å²) in [5, 5.41) is 24.1. The summed E-state index contributed by atoms with van der Waals surface area (Å²) >= 11 is 0. The summed E-state index contributed by atoms with van der Waals surface area (Å²) in [6.07, 6.45) is 11.6. The van der Waals surface area contributed by atoms with Gasteiger partial charge in [0.1, 0.15) is 23.4 Å². The van der Waals surface area contributed by atoms with Crippen LogP contribution in [0.2, 0.25) is 0 Å². The molecule has 0 saturated carbocycles. The van der Waals surface area contributed by atoms with Gasteiger partial charge < -0.3 is 15.0 Å². The van der Waals surface area contributed by atoms with Crippen LogP contribution in [0.1, 0.15) is 81.8 Å². The van der Waals surface area contributed by atoms with Gasteiger partial charge in [-0.15, -0.1) is 10.2 Å². The first-order chi connectivity index (χ1) is 24.6. The Kier molecular flexibility index (Phi) is 9.70. The fraction of sp³-hybridized carbons (Fsp3) is 0.457. The quantitative estimate of drug-likeness (QED) is 0.174. The van der Waals surface area contributed by atoms with Gasteiger partial charge in [0.15, 0.2) is 5.65 Å². The molecule has 4 aromatic heterocycles. The van der Waals surface area contributed by atoms with E-state index in [4.69, 9.17) is 8.92 Å². The van der Waals surface area contributed by atoms with Crippen molar-refractivity contribution in [2.45, 2.75) is 90.1 Å². The third-order valence-electron chi connectivity index (χ3n) is 9.65. The number of nitrogens with one attached hydrogen (secondary N) is 2. The van der Waals surface area contributed by atoms with Crippen molar-refractivity contribution in [3.05, 3.63) is 77.9 Å². The second-order valence-corrected chi connectivity index (χ2v) is 15.0. The average Bonchev–Trinajstić information content (AvgIpc) is 3.84. The van der Waals surface area contributed by atoms with Crippen LogP contribution in [-0.2, 0) is 27.3 Å². The molecule has 1 saturated heterocycles. The molecule has 0 bridgehead atoms. The van der Waals surface area contributed by atoms with Gasteiger partial charge in [-0.2, -0.15) is 18.6 Å². The van der Waals surface area contributed by atoms with Gasteiger partial charge in [0.05, 0.1) is 49.7 Å². The van der Waals surface area contributed by atoms with E-state index < -0.39 is 10.1 Å². The Balaban J connectivity index is 1.04. The molecule has 51 heavy (non-hydrogen) atoms. The Labute approximate surface area is 297 Å². The van der Waals surface area contributed by atoms with Crippen molar-refractivity contribution >= 4 is 33.6 Å². The maximum Gasteiger partial charge on any atom is 0.320 e. The van der Waals surface area contributed by atoms with E-state index >= 15 is 0 Å². The van der Waals surface area contributed by atoms with Crippen molar-refractivity contribution in [3.63, 3.8) is 0 Å². The number of nitrogens with zero attached hydrogens (tertiary/aromatic N) is 8. The largest absolute Gasteiger partial charge is 0.484 e. The predicted octanol–water partition coefficient (Wildman–Crippen LogP) is 5.19. The molecule has 1 fully saturated rings. The molecule has 1 aliphatic carbocycles. The van der Waals surface area contributed by atoms with Crippen LogP contribution in [0.15, 0.2) is 61.1 Å². The fourth-order valence-electron chi connectivity index (χ4n) is 7.17. The highest BCUT2D eigenvalue weighted by molar-refractivity contribution is 7.85. The first-order valence-corrected chi connectivity index (χ1v) is 19.3. The van der Waals surface area contributed by atoms with Gasteiger partial charge in [0, 0.05) is 18.2 Å². The number of aryl methyl sites for hydroxylation is 1. The van der Waals surface area contributed by atoms with Gasteiger partial charge in [-0.1, -0.05) is 31.2 Å². The minimum atomic E-state index is -3.55. The topological polar surface area (TPSA) is 163 Å². The molecule has 16 heteroatoms. The zero-order chi connectivity index (χ0) is 35.7. The van der Waals surface area contributed by atoms with Crippen molar-refractivity contribution in [3.8, 4) is 11.4 Å². The SMILES string of the molecule is CCc1cc(NC(=O)N[C@H]2CCC(Oc3ccc4nnc(N5[C@H](C)CCC[C@@H]5C)n4c3)c3ccccc32)n(-c2cnn(CCOS(C)(=O)=O)c2)n1. The number of amides is 2. The number of piperidine rings is 1. The monoisotopic (exact) mass is 716 g/mol. The van der Waals surface area contributed by atoms with E-state index in [1.165, 1.54) is 6.42 Å². The van der Waals surface area contributed by atoms with Crippen LogP contribution in [0, 0.1) is 0 Å². The van der Waals surface area contributed by atoms with Crippen molar-refractivity contribution < 1.29 is 22.1 Å². The van der Waals surface area contributed by atoms with E-state index in [1.54, 1.807) is 21.8 Å². The molecule has 0 spiro atoms. The molecule has 15 nitrogen and oxygen atoms in total. The van der Waals surface area contributed by atoms with E-state index in [2.05, 4.69) is 55.8 Å². The Bertz CT molecular complexity index is 2120. The summed E-state index contributed by atoms with van der Waals surface area (Å²) in [5.74, 6) is 2.06. The normalized spacial score (nSPS) is 20.7. The highest BCUT2D eigenvalue weighted by Gasteiger charge is 2.31. The van der Waals surface area contributed by atoms with Crippen LogP contribution in [0.25, 0.3) is 11.3 Å². The van der Waals surface area contributed by atoms with Crippen molar-refractivity contribution in [1.29, 1.82) is 0 Å². The van der Waals surface area contributed by atoms with Crippen LogP contribution in [0.5, 0.6) is 5.75 Å². The van der Waals surface area contributed by atoms with Crippen LogP contribution < -0.4 is 20.3 Å². The molecule has 1 unspecified atom stereocenters. The molecule has 270 valence electrons. The molecule has 4 atom stereocenters. The molecule has 5 aromatic rings. The van der Waals surface area contributed by atoms with Gasteiger partial charge in [-0.25, -0.2) is 9.48 Å². The van der Waals surface area contributed by atoms with Crippen LogP contribution in [0.3, 0.4) is 0 Å². The number of rotatable bonds is 11. The Morgan fingerprint density at radius 2 is 1.78 bits per heavy atom. The van der Waals surface area contributed by atoms with E-state index in [0.29, 0.717) is 42.9 Å². The number of urea groups is 1. The molecule has 1 aliphatic heterocycles. The number of hydrogen-bond donors (Lipinski definition) is 2. The minimum Gasteiger partial charge on any atom is -0.484 e. The zero-order valence-electron chi connectivity index (χ0n) is 29.3. The summed E-state index contributed by atoms with van der Waals surface area (Å²) in [7, 11) is -3.55. The Morgan fingerprint density at radius 1 is 1.00 bits per heavy atom. The maximum atomic E-state index is 13.5. The Morgan fingerprint density at radius 3 is 2.55 bits per heavy atom. The fourth-order valence-corrected chi connectivity index (χ4v) is 7.55. The number of carbonyl (C=O) groups excluding carboxylic acids is 1.